The van der Waals surface area contributed by atoms with Gasteiger partial charge in [-0.15, -0.1) is 0 Å². The second-order valence-corrected chi connectivity index (χ2v) is 11.8. The lowest BCUT2D eigenvalue weighted by atomic mass is 9.95. The van der Waals surface area contributed by atoms with Crippen molar-refractivity contribution in [2.45, 2.75) is 39.5 Å². The maximum Gasteiger partial charge on any atom is 0.0634 e. The molecule has 0 bridgehead atoms. The van der Waals surface area contributed by atoms with Crippen molar-refractivity contribution in [3.05, 3.63) is 96.1 Å². The number of nitrogens with zero attached hydrogens (tertiary/aromatic N) is 2. The van der Waals surface area contributed by atoms with Gasteiger partial charge in [0.1, 0.15) is 0 Å². The molecule has 182 valence electrons. The maximum absolute atomic E-state index is 2.56. The molecule has 0 unspecified atom stereocenters. The highest BCUT2D eigenvalue weighted by Gasteiger charge is 2.28. The topological polar surface area (TPSA) is 8.82 Å². The second-order valence-electron chi connectivity index (χ2n) is 11.8. The van der Waals surface area contributed by atoms with Gasteiger partial charge in [-0.3, -0.25) is 0 Å². The minimum absolute atomic E-state index is 0.486. The summed E-state index contributed by atoms with van der Waals surface area (Å²) in [6.07, 6.45) is 0. The van der Waals surface area contributed by atoms with Crippen LogP contribution in [0.15, 0.2) is 84.9 Å². The molecule has 0 radical (unpaired) electrons. The van der Waals surface area contributed by atoms with Gasteiger partial charge in [-0.2, -0.15) is 0 Å². The van der Waals surface area contributed by atoms with Gasteiger partial charge < -0.3 is 8.80 Å². The van der Waals surface area contributed by atoms with Gasteiger partial charge in [0, 0.05) is 43.1 Å². The third kappa shape index (κ3) is 2.23. The molecule has 9 rings (SSSR count). The Hall–Kier alpha value is -4.30. The lowest BCUT2D eigenvalue weighted by Crippen LogP contribution is -1.88. The van der Waals surface area contributed by atoms with E-state index in [0.29, 0.717) is 11.8 Å². The minimum atomic E-state index is 0.486. The predicted molar refractivity (Wildman–Crippen MR) is 164 cm³/mol. The number of para-hydroxylation sites is 2. The van der Waals surface area contributed by atoms with Crippen LogP contribution < -0.4 is 0 Å². The molecule has 0 saturated carbocycles. The molecule has 0 fully saturated rings. The van der Waals surface area contributed by atoms with Crippen molar-refractivity contribution in [2.75, 3.05) is 0 Å². The molecule has 4 aromatic heterocycles. The lowest BCUT2D eigenvalue weighted by molar-refractivity contribution is 0.868. The van der Waals surface area contributed by atoms with Gasteiger partial charge in [0.15, 0.2) is 0 Å². The largest absolute Gasteiger partial charge is 0.308 e. The molecule has 0 saturated heterocycles. The Morgan fingerprint density at radius 1 is 0.421 bits per heavy atom. The zero-order chi connectivity index (χ0) is 25.4. The predicted octanol–water partition coefficient (Wildman–Crippen LogP) is 10.2. The van der Waals surface area contributed by atoms with Crippen molar-refractivity contribution >= 4 is 76.2 Å². The Balaban J connectivity index is 1.70. The molecule has 2 nitrogen and oxygen atoms in total. The summed E-state index contributed by atoms with van der Waals surface area (Å²) >= 11 is 0. The molecule has 38 heavy (non-hydrogen) atoms. The monoisotopic (exact) mass is 488 g/mol. The van der Waals surface area contributed by atoms with Gasteiger partial charge in [-0.25, -0.2) is 0 Å². The summed E-state index contributed by atoms with van der Waals surface area (Å²) in [4.78, 5) is 0. The molecule has 0 spiro atoms. The Morgan fingerprint density at radius 3 is 1.18 bits per heavy atom. The maximum atomic E-state index is 2.56. The average molecular weight is 489 g/mol. The summed E-state index contributed by atoms with van der Waals surface area (Å²) in [5, 5.41) is 11.0. The van der Waals surface area contributed by atoms with Crippen LogP contribution in [0.5, 0.6) is 0 Å². The lowest BCUT2D eigenvalue weighted by Gasteiger charge is -2.07. The van der Waals surface area contributed by atoms with Crippen LogP contribution in [-0.4, -0.2) is 8.80 Å². The van der Waals surface area contributed by atoms with E-state index in [0.717, 1.165) is 0 Å². The number of aromatic nitrogens is 2. The van der Waals surface area contributed by atoms with E-state index >= 15 is 0 Å². The fourth-order valence-corrected chi connectivity index (χ4v) is 7.33. The Kier molecular flexibility index (Phi) is 3.69. The third-order valence-corrected chi connectivity index (χ3v) is 9.12. The van der Waals surface area contributed by atoms with Crippen molar-refractivity contribution in [1.29, 1.82) is 0 Å². The number of fused-ring (bicyclic) bond motifs is 14. The molecule has 0 N–H and O–H groups in total. The van der Waals surface area contributed by atoms with Gasteiger partial charge in [-0.1, -0.05) is 88.4 Å². The summed E-state index contributed by atoms with van der Waals surface area (Å²) in [7, 11) is 0. The summed E-state index contributed by atoms with van der Waals surface area (Å²) in [5.74, 6) is 0.972. The van der Waals surface area contributed by atoms with Crippen LogP contribution in [0.1, 0.15) is 50.7 Å². The van der Waals surface area contributed by atoms with Crippen molar-refractivity contribution in [3.63, 3.8) is 0 Å². The molecule has 5 aromatic carbocycles. The quantitative estimate of drug-likeness (QED) is 0.229. The summed E-state index contributed by atoms with van der Waals surface area (Å²) in [6.45, 7) is 9.16. The van der Waals surface area contributed by atoms with Crippen LogP contribution in [0, 0.1) is 0 Å². The van der Waals surface area contributed by atoms with E-state index in [9.17, 15) is 0 Å². The first-order valence-electron chi connectivity index (χ1n) is 13.9. The second kappa shape index (κ2) is 6.76. The zero-order valence-electron chi connectivity index (χ0n) is 22.1. The molecule has 0 aliphatic carbocycles. The van der Waals surface area contributed by atoms with Gasteiger partial charge in [0.05, 0.1) is 33.1 Å². The molecular weight excluding hydrogens is 460 g/mol. The molecule has 0 atom stereocenters. The third-order valence-electron chi connectivity index (χ3n) is 9.12. The molecule has 0 aliphatic rings. The fraction of sp³-hybridized carbons (Fsp3) is 0.167. The fourth-order valence-electron chi connectivity index (χ4n) is 7.33. The van der Waals surface area contributed by atoms with Crippen LogP contribution >= 0.6 is 0 Å². The van der Waals surface area contributed by atoms with Crippen LogP contribution in [0.25, 0.3) is 76.2 Å². The first kappa shape index (κ1) is 20.7. The van der Waals surface area contributed by atoms with Gasteiger partial charge in [-0.05, 0) is 47.2 Å². The Bertz CT molecular complexity index is 2220. The standard InChI is InChI=1S/C36H28N2/c1-19(2)21-13-15-25-29(17-21)37-27-11-7-5-9-23(27)32-34-26-16-14-22(20(3)4)18-30(26)38-28-12-8-6-10-24(28)31(36(34)38)33(25)35(32)37/h5-20H,1-4H3. The van der Waals surface area contributed by atoms with Crippen LogP contribution in [-0.2, 0) is 0 Å². The van der Waals surface area contributed by atoms with Crippen molar-refractivity contribution in [2.24, 2.45) is 0 Å². The van der Waals surface area contributed by atoms with Crippen molar-refractivity contribution < 1.29 is 0 Å². The zero-order valence-corrected chi connectivity index (χ0v) is 22.1. The van der Waals surface area contributed by atoms with E-state index in [-0.39, 0.29) is 0 Å². The molecule has 2 heteroatoms. The molecule has 9 aromatic rings. The van der Waals surface area contributed by atoms with Crippen molar-refractivity contribution in [1.82, 2.24) is 8.80 Å². The Morgan fingerprint density at radius 2 is 0.789 bits per heavy atom. The van der Waals surface area contributed by atoms with Crippen LogP contribution in [0.4, 0.5) is 0 Å². The SMILES string of the molecule is CC(C)c1ccc2c3c4c5ccccc5n5c6cc(C(C)C)ccc6c(c6c7ccccc7n(c2c1)c63)c45. The van der Waals surface area contributed by atoms with Gasteiger partial charge >= 0.3 is 0 Å². The minimum Gasteiger partial charge on any atom is -0.308 e. The van der Waals surface area contributed by atoms with E-state index in [1.54, 1.807) is 0 Å². The van der Waals surface area contributed by atoms with E-state index < -0.39 is 0 Å². The molecular formula is C36H28N2. The van der Waals surface area contributed by atoms with E-state index in [1.807, 2.05) is 0 Å². The highest BCUT2D eigenvalue weighted by atomic mass is 14.9. The number of benzene rings is 5. The Labute approximate surface area is 220 Å². The van der Waals surface area contributed by atoms with Gasteiger partial charge in [0.25, 0.3) is 0 Å². The summed E-state index contributed by atoms with van der Waals surface area (Å²) < 4.78 is 5.12. The molecule has 0 aliphatic heterocycles. The number of hydrogen-bond acceptors (Lipinski definition) is 0. The molecule has 0 amide bonds. The van der Waals surface area contributed by atoms with E-state index in [4.69, 9.17) is 0 Å². The van der Waals surface area contributed by atoms with Crippen LogP contribution in [0.3, 0.4) is 0 Å². The highest BCUT2D eigenvalue weighted by Crippen LogP contribution is 2.51. The number of rotatable bonds is 2. The average Bonchev–Trinajstić information content (AvgIpc) is 3.64. The van der Waals surface area contributed by atoms with E-state index in [1.165, 1.54) is 87.3 Å². The highest BCUT2D eigenvalue weighted by molar-refractivity contribution is 6.45. The normalized spacial score (nSPS) is 13.2. The van der Waals surface area contributed by atoms with E-state index in [2.05, 4.69) is 121 Å². The summed E-state index contributed by atoms with van der Waals surface area (Å²) in [6, 6.07) is 32.3. The van der Waals surface area contributed by atoms with Gasteiger partial charge in [0.2, 0.25) is 0 Å². The van der Waals surface area contributed by atoms with Crippen LogP contribution in [0.2, 0.25) is 0 Å². The first-order chi connectivity index (χ1) is 18.5. The first-order valence-corrected chi connectivity index (χ1v) is 13.9. The smallest absolute Gasteiger partial charge is 0.0634 e. The summed E-state index contributed by atoms with van der Waals surface area (Å²) in [5.41, 5.74) is 10.8. The number of hydrogen-bond donors (Lipinski definition) is 0. The molecule has 4 heterocycles. The van der Waals surface area contributed by atoms with Crippen molar-refractivity contribution in [3.8, 4) is 0 Å².